The standard InChI is InChI=1S/C24H31NO3/c1-18-13-15-24(27,16-14-18)22(23(26)25(2)3)20-9-11-21(12-10-20)28-17-19-7-5-4-6-8-19/h4-12,18,22,27H,13-17H2,1-3H3. The molecule has 150 valence electrons. The molecule has 1 unspecified atom stereocenters. The van der Waals surface area contributed by atoms with Gasteiger partial charge in [-0.3, -0.25) is 4.79 Å². The Labute approximate surface area is 168 Å². The Hall–Kier alpha value is -2.33. The first-order valence-corrected chi connectivity index (χ1v) is 10.1. The summed E-state index contributed by atoms with van der Waals surface area (Å²) >= 11 is 0. The average Bonchev–Trinajstić information content (AvgIpc) is 2.70. The molecule has 0 spiro atoms. The van der Waals surface area contributed by atoms with Gasteiger partial charge in [-0.15, -0.1) is 0 Å². The van der Waals surface area contributed by atoms with E-state index >= 15 is 0 Å². The molecule has 0 bridgehead atoms. The van der Waals surface area contributed by atoms with Crippen LogP contribution in [-0.4, -0.2) is 35.6 Å². The van der Waals surface area contributed by atoms with Crippen molar-refractivity contribution in [2.24, 2.45) is 5.92 Å². The molecule has 2 aromatic carbocycles. The van der Waals surface area contributed by atoms with Gasteiger partial charge in [0.1, 0.15) is 12.4 Å². The van der Waals surface area contributed by atoms with Crippen LogP contribution in [-0.2, 0) is 11.4 Å². The van der Waals surface area contributed by atoms with E-state index in [9.17, 15) is 9.90 Å². The first-order chi connectivity index (χ1) is 13.4. The van der Waals surface area contributed by atoms with Gasteiger partial charge in [0.05, 0.1) is 11.5 Å². The number of hydrogen-bond acceptors (Lipinski definition) is 3. The van der Waals surface area contributed by atoms with Crippen molar-refractivity contribution in [1.29, 1.82) is 0 Å². The Morgan fingerprint density at radius 1 is 1.11 bits per heavy atom. The van der Waals surface area contributed by atoms with Crippen molar-refractivity contribution in [1.82, 2.24) is 4.90 Å². The van der Waals surface area contributed by atoms with Crippen LogP contribution in [0.25, 0.3) is 0 Å². The fourth-order valence-electron chi connectivity index (χ4n) is 3.99. The second-order valence-corrected chi connectivity index (χ2v) is 8.30. The number of amides is 1. The highest BCUT2D eigenvalue weighted by Gasteiger charge is 2.44. The van der Waals surface area contributed by atoms with Gasteiger partial charge in [-0.05, 0) is 54.9 Å². The SMILES string of the molecule is CC1CCC(O)(C(C(=O)N(C)C)c2ccc(OCc3ccccc3)cc2)CC1. The summed E-state index contributed by atoms with van der Waals surface area (Å²) in [7, 11) is 3.50. The summed E-state index contributed by atoms with van der Waals surface area (Å²) in [5, 5.41) is 11.4. The van der Waals surface area contributed by atoms with Gasteiger partial charge in [-0.25, -0.2) is 0 Å². The van der Waals surface area contributed by atoms with E-state index in [4.69, 9.17) is 4.74 Å². The molecule has 1 aliphatic carbocycles. The maximum absolute atomic E-state index is 13.0. The minimum atomic E-state index is -0.986. The molecule has 3 rings (SSSR count). The molecule has 2 aromatic rings. The lowest BCUT2D eigenvalue weighted by atomic mass is 9.70. The van der Waals surface area contributed by atoms with Gasteiger partial charge in [-0.2, -0.15) is 0 Å². The molecular weight excluding hydrogens is 350 g/mol. The molecule has 0 aliphatic heterocycles. The lowest BCUT2D eigenvalue weighted by molar-refractivity contribution is -0.139. The lowest BCUT2D eigenvalue weighted by Crippen LogP contribution is -2.46. The molecule has 1 fully saturated rings. The maximum Gasteiger partial charge on any atom is 0.232 e. The number of carbonyl (C=O) groups excluding carboxylic acids is 1. The van der Waals surface area contributed by atoms with Gasteiger partial charge in [0.25, 0.3) is 0 Å². The van der Waals surface area contributed by atoms with Crippen LogP contribution in [0.4, 0.5) is 0 Å². The minimum absolute atomic E-state index is 0.0463. The van der Waals surface area contributed by atoms with Crippen LogP contribution >= 0.6 is 0 Å². The third-order valence-corrected chi connectivity index (χ3v) is 5.83. The molecule has 4 heteroatoms. The highest BCUT2D eigenvalue weighted by molar-refractivity contribution is 5.84. The van der Waals surface area contributed by atoms with E-state index in [1.54, 1.807) is 19.0 Å². The number of carbonyl (C=O) groups is 1. The number of benzene rings is 2. The summed E-state index contributed by atoms with van der Waals surface area (Å²) in [4.78, 5) is 14.5. The zero-order chi connectivity index (χ0) is 20.1. The summed E-state index contributed by atoms with van der Waals surface area (Å²) in [6.45, 7) is 2.71. The Kier molecular flexibility index (Phi) is 6.40. The van der Waals surface area contributed by atoms with E-state index in [0.29, 0.717) is 25.4 Å². The second kappa shape index (κ2) is 8.78. The van der Waals surface area contributed by atoms with Gasteiger partial charge in [-0.1, -0.05) is 49.4 Å². The normalized spacial score (nSPS) is 23.1. The summed E-state index contributed by atoms with van der Waals surface area (Å²) in [6.07, 6.45) is 3.22. The number of hydrogen-bond donors (Lipinski definition) is 1. The molecule has 1 amide bonds. The van der Waals surface area contributed by atoms with Crippen molar-refractivity contribution in [2.45, 2.75) is 50.7 Å². The number of likely N-dealkylation sites (N-methyl/N-ethyl adjacent to an activating group) is 1. The van der Waals surface area contributed by atoms with Crippen molar-refractivity contribution < 1.29 is 14.6 Å². The molecule has 1 atom stereocenters. The molecular formula is C24H31NO3. The molecule has 4 nitrogen and oxygen atoms in total. The highest BCUT2D eigenvalue weighted by Crippen LogP contribution is 2.42. The van der Waals surface area contributed by atoms with Crippen LogP contribution in [0.2, 0.25) is 0 Å². The van der Waals surface area contributed by atoms with Crippen molar-refractivity contribution in [3.63, 3.8) is 0 Å². The molecule has 1 saturated carbocycles. The first-order valence-electron chi connectivity index (χ1n) is 10.1. The zero-order valence-electron chi connectivity index (χ0n) is 17.1. The van der Waals surface area contributed by atoms with E-state index in [2.05, 4.69) is 6.92 Å². The highest BCUT2D eigenvalue weighted by atomic mass is 16.5. The smallest absolute Gasteiger partial charge is 0.232 e. The van der Waals surface area contributed by atoms with Crippen LogP contribution in [0.15, 0.2) is 54.6 Å². The van der Waals surface area contributed by atoms with Crippen molar-refractivity contribution in [3.8, 4) is 5.75 Å². The van der Waals surface area contributed by atoms with Gasteiger partial charge in [0.15, 0.2) is 0 Å². The Morgan fingerprint density at radius 2 is 1.71 bits per heavy atom. The Morgan fingerprint density at radius 3 is 2.29 bits per heavy atom. The van der Waals surface area contributed by atoms with E-state index in [0.717, 1.165) is 29.7 Å². The third kappa shape index (κ3) is 4.74. The van der Waals surface area contributed by atoms with Crippen molar-refractivity contribution >= 4 is 5.91 Å². The van der Waals surface area contributed by atoms with Crippen molar-refractivity contribution in [3.05, 3.63) is 65.7 Å². The predicted octanol–water partition coefficient (Wildman–Crippen LogP) is 4.38. The number of aliphatic hydroxyl groups is 1. The largest absolute Gasteiger partial charge is 0.489 e. The second-order valence-electron chi connectivity index (χ2n) is 8.30. The molecule has 1 aliphatic rings. The van der Waals surface area contributed by atoms with E-state index in [1.165, 1.54) is 0 Å². The summed E-state index contributed by atoms with van der Waals surface area (Å²) in [6, 6.07) is 17.6. The quantitative estimate of drug-likeness (QED) is 0.808. The van der Waals surface area contributed by atoms with Crippen LogP contribution in [0.1, 0.15) is 49.7 Å². The average molecular weight is 382 g/mol. The van der Waals surface area contributed by atoms with Gasteiger partial charge in [0, 0.05) is 14.1 Å². The van der Waals surface area contributed by atoms with E-state index < -0.39 is 11.5 Å². The Bertz CT molecular complexity index is 762. The fraction of sp³-hybridized carbons (Fsp3) is 0.458. The number of ether oxygens (including phenoxy) is 1. The number of nitrogens with zero attached hydrogens (tertiary/aromatic N) is 1. The molecule has 0 heterocycles. The number of rotatable bonds is 6. The van der Waals surface area contributed by atoms with Crippen LogP contribution in [0, 0.1) is 5.92 Å². The van der Waals surface area contributed by atoms with Crippen LogP contribution in [0.5, 0.6) is 5.75 Å². The third-order valence-electron chi connectivity index (χ3n) is 5.83. The van der Waals surface area contributed by atoms with Crippen LogP contribution < -0.4 is 4.74 Å². The molecule has 0 saturated heterocycles. The molecule has 0 aromatic heterocycles. The monoisotopic (exact) mass is 381 g/mol. The summed E-state index contributed by atoms with van der Waals surface area (Å²) < 4.78 is 5.86. The molecule has 28 heavy (non-hydrogen) atoms. The van der Waals surface area contributed by atoms with Gasteiger partial charge >= 0.3 is 0 Å². The molecule has 0 radical (unpaired) electrons. The minimum Gasteiger partial charge on any atom is -0.489 e. The molecule has 1 N–H and O–H groups in total. The Balaban J connectivity index is 1.77. The lowest BCUT2D eigenvalue weighted by Gasteiger charge is -2.41. The van der Waals surface area contributed by atoms with Crippen molar-refractivity contribution in [2.75, 3.05) is 14.1 Å². The van der Waals surface area contributed by atoms with Gasteiger partial charge < -0.3 is 14.7 Å². The van der Waals surface area contributed by atoms with Crippen LogP contribution in [0.3, 0.4) is 0 Å². The maximum atomic E-state index is 13.0. The first kappa shape index (κ1) is 20.4. The van der Waals surface area contributed by atoms with E-state index in [-0.39, 0.29) is 5.91 Å². The topological polar surface area (TPSA) is 49.8 Å². The summed E-state index contributed by atoms with van der Waals surface area (Å²) in [5.74, 6) is 0.769. The van der Waals surface area contributed by atoms with E-state index in [1.807, 2.05) is 54.6 Å². The van der Waals surface area contributed by atoms with Gasteiger partial charge in [0.2, 0.25) is 5.91 Å². The fourth-order valence-corrected chi connectivity index (χ4v) is 3.99. The summed E-state index contributed by atoms with van der Waals surface area (Å²) in [5.41, 5.74) is 0.973. The predicted molar refractivity (Wildman–Crippen MR) is 111 cm³/mol. The zero-order valence-corrected chi connectivity index (χ0v) is 17.1.